The minimum Gasteiger partial charge on any atom is -0.332 e. The highest BCUT2D eigenvalue weighted by molar-refractivity contribution is 6.30. The average molecular weight is 439 g/mol. The highest BCUT2D eigenvalue weighted by Gasteiger charge is 2.24. The zero-order valence-electron chi connectivity index (χ0n) is 18.4. The fourth-order valence-electron chi connectivity index (χ4n) is 3.44. The van der Waals surface area contributed by atoms with Crippen LogP contribution in [0.25, 0.3) is 5.69 Å². The summed E-state index contributed by atoms with van der Waals surface area (Å²) in [5, 5.41) is 7.96. The summed E-state index contributed by atoms with van der Waals surface area (Å²) in [6.45, 7) is 7.91. The maximum Gasteiger partial charge on any atom is 0.257 e. The number of likely N-dealkylation sites (N-methyl/N-ethyl adjacent to an activating group) is 1. The van der Waals surface area contributed by atoms with E-state index in [2.05, 4.69) is 10.4 Å². The smallest absolute Gasteiger partial charge is 0.257 e. The number of rotatable bonds is 6. The van der Waals surface area contributed by atoms with Crippen LogP contribution >= 0.6 is 11.6 Å². The molecule has 7 heteroatoms. The van der Waals surface area contributed by atoms with Crippen molar-refractivity contribution in [1.82, 2.24) is 14.7 Å². The Balaban J connectivity index is 1.79. The van der Waals surface area contributed by atoms with Crippen molar-refractivity contribution in [3.05, 3.63) is 76.1 Å². The third-order valence-electron chi connectivity index (χ3n) is 5.26. The number of carbonyl (C=O) groups excluding carboxylic acids is 2. The first-order valence-electron chi connectivity index (χ1n) is 10.1. The lowest BCUT2D eigenvalue weighted by Crippen LogP contribution is -2.35. The highest BCUT2D eigenvalue weighted by Crippen LogP contribution is 2.25. The van der Waals surface area contributed by atoms with Crippen LogP contribution in [0, 0.1) is 13.8 Å². The largest absolute Gasteiger partial charge is 0.332 e. The first kappa shape index (κ1) is 22.6. The molecule has 31 heavy (non-hydrogen) atoms. The first-order chi connectivity index (χ1) is 14.7. The van der Waals surface area contributed by atoms with Crippen molar-refractivity contribution in [2.75, 3.05) is 18.9 Å². The lowest BCUT2D eigenvalue weighted by atomic mass is 10.0. The molecular weight excluding hydrogens is 412 g/mol. The van der Waals surface area contributed by atoms with Gasteiger partial charge in [0.1, 0.15) is 0 Å². The van der Waals surface area contributed by atoms with Gasteiger partial charge >= 0.3 is 0 Å². The standard InChI is InChI=1S/C24H27ClN4O2/c1-15(2)23-20(13-26-29(23)19-11-9-18(25)10-12-19)24(31)28(5)14-22(30)27-21-8-6-7-16(3)17(21)4/h6-13,15H,14H2,1-5H3,(H,27,30). The Morgan fingerprint density at radius 1 is 1.13 bits per heavy atom. The number of aromatic nitrogens is 2. The Bertz CT molecular complexity index is 1100. The molecule has 0 radical (unpaired) electrons. The first-order valence-corrected chi connectivity index (χ1v) is 10.5. The second-order valence-electron chi connectivity index (χ2n) is 7.94. The number of hydrogen-bond acceptors (Lipinski definition) is 3. The second kappa shape index (κ2) is 9.35. The second-order valence-corrected chi connectivity index (χ2v) is 8.38. The average Bonchev–Trinajstić information content (AvgIpc) is 3.16. The molecule has 0 saturated heterocycles. The van der Waals surface area contributed by atoms with Crippen LogP contribution < -0.4 is 5.32 Å². The number of anilines is 1. The van der Waals surface area contributed by atoms with Crippen LogP contribution in [0.2, 0.25) is 5.02 Å². The van der Waals surface area contributed by atoms with Gasteiger partial charge in [0, 0.05) is 17.8 Å². The molecule has 1 aromatic heterocycles. The van der Waals surface area contributed by atoms with Gasteiger partial charge in [0.2, 0.25) is 5.91 Å². The fourth-order valence-corrected chi connectivity index (χ4v) is 3.56. The van der Waals surface area contributed by atoms with E-state index in [9.17, 15) is 9.59 Å². The van der Waals surface area contributed by atoms with Crippen LogP contribution in [0.4, 0.5) is 5.69 Å². The van der Waals surface area contributed by atoms with E-state index in [4.69, 9.17) is 11.6 Å². The summed E-state index contributed by atoms with van der Waals surface area (Å²) >= 11 is 6.00. The van der Waals surface area contributed by atoms with Gasteiger partial charge in [0.15, 0.2) is 0 Å². The van der Waals surface area contributed by atoms with Crippen LogP contribution in [-0.2, 0) is 4.79 Å². The molecule has 0 atom stereocenters. The zero-order chi connectivity index (χ0) is 22.7. The molecular formula is C24H27ClN4O2. The Labute approximate surface area is 187 Å². The number of aryl methyl sites for hydroxylation is 1. The molecule has 1 N–H and O–H groups in total. The van der Waals surface area contributed by atoms with Gasteiger partial charge in [0.25, 0.3) is 5.91 Å². The van der Waals surface area contributed by atoms with Crippen molar-refractivity contribution in [3.63, 3.8) is 0 Å². The van der Waals surface area contributed by atoms with E-state index in [0.29, 0.717) is 10.6 Å². The van der Waals surface area contributed by atoms with Gasteiger partial charge in [-0.1, -0.05) is 37.6 Å². The third-order valence-corrected chi connectivity index (χ3v) is 5.51. The number of amides is 2. The molecule has 2 aromatic carbocycles. The zero-order valence-corrected chi connectivity index (χ0v) is 19.2. The predicted octanol–water partition coefficient (Wildman–Crippen LogP) is 4.98. The van der Waals surface area contributed by atoms with Gasteiger partial charge in [-0.3, -0.25) is 9.59 Å². The molecule has 0 unspecified atom stereocenters. The molecule has 0 aliphatic carbocycles. The fraction of sp³-hybridized carbons (Fsp3) is 0.292. The van der Waals surface area contributed by atoms with Crippen molar-refractivity contribution in [3.8, 4) is 5.69 Å². The minimum atomic E-state index is -0.250. The monoisotopic (exact) mass is 438 g/mol. The van der Waals surface area contributed by atoms with E-state index in [1.165, 1.54) is 4.90 Å². The van der Waals surface area contributed by atoms with Crippen molar-refractivity contribution in [1.29, 1.82) is 0 Å². The van der Waals surface area contributed by atoms with Gasteiger partial charge < -0.3 is 10.2 Å². The summed E-state index contributed by atoms with van der Waals surface area (Å²) < 4.78 is 1.75. The van der Waals surface area contributed by atoms with Gasteiger partial charge in [-0.15, -0.1) is 0 Å². The maximum atomic E-state index is 13.1. The summed E-state index contributed by atoms with van der Waals surface area (Å²) in [5.74, 6) is -0.449. The molecule has 0 bridgehead atoms. The summed E-state index contributed by atoms with van der Waals surface area (Å²) in [6, 6.07) is 13.0. The normalized spacial score (nSPS) is 10.9. The Morgan fingerprint density at radius 2 is 1.81 bits per heavy atom. The number of halogens is 1. The molecule has 3 aromatic rings. The summed E-state index contributed by atoms with van der Waals surface area (Å²) in [5.41, 5.74) is 4.95. The van der Waals surface area contributed by atoms with Gasteiger partial charge in [0.05, 0.1) is 29.7 Å². The van der Waals surface area contributed by atoms with E-state index in [0.717, 1.165) is 28.2 Å². The SMILES string of the molecule is Cc1cccc(NC(=O)CN(C)C(=O)c2cnn(-c3ccc(Cl)cc3)c2C(C)C)c1C. The van der Waals surface area contributed by atoms with Crippen molar-refractivity contribution in [2.24, 2.45) is 0 Å². The maximum absolute atomic E-state index is 13.1. The third kappa shape index (κ3) is 4.97. The summed E-state index contributed by atoms with van der Waals surface area (Å²) in [7, 11) is 1.62. The summed E-state index contributed by atoms with van der Waals surface area (Å²) in [4.78, 5) is 27.1. The van der Waals surface area contributed by atoms with E-state index >= 15 is 0 Å². The lowest BCUT2D eigenvalue weighted by molar-refractivity contribution is -0.116. The van der Waals surface area contributed by atoms with Crippen LogP contribution in [0.1, 0.15) is 46.9 Å². The van der Waals surface area contributed by atoms with Crippen LogP contribution in [-0.4, -0.2) is 40.1 Å². The molecule has 0 fully saturated rings. The number of nitrogens with one attached hydrogen (secondary N) is 1. The van der Waals surface area contributed by atoms with Crippen LogP contribution in [0.5, 0.6) is 0 Å². The van der Waals surface area contributed by atoms with Gasteiger partial charge in [-0.05, 0) is 61.2 Å². The lowest BCUT2D eigenvalue weighted by Gasteiger charge is -2.19. The van der Waals surface area contributed by atoms with Crippen molar-refractivity contribution >= 4 is 29.1 Å². The Hall–Kier alpha value is -3.12. The molecule has 0 spiro atoms. The van der Waals surface area contributed by atoms with E-state index in [-0.39, 0.29) is 24.3 Å². The van der Waals surface area contributed by atoms with Crippen LogP contribution in [0.3, 0.4) is 0 Å². The van der Waals surface area contributed by atoms with E-state index < -0.39 is 0 Å². The molecule has 0 aliphatic rings. The molecule has 3 rings (SSSR count). The van der Waals surface area contributed by atoms with Crippen molar-refractivity contribution < 1.29 is 9.59 Å². The Morgan fingerprint density at radius 3 is 2.45 bits per heavy atom. The molecule has 162 valence electrons. The van der Waals surface area contributed by atoms with Gasteiger partial charge in [-0.2, -0.15) is 5.10 Å². The number of carbonyl (C=O) groups is 2. The quantitative estimate of drug-likeness (QED) is 0.590. The molecule has 0 saturated carbocycles. The molecule has 2 amide bonds. The van der Waals surface area contributed by atoms with Crippen molar-refractivity contribution in [2.45, 2.75) is 33.6 Å². The number of nitrogens with zero attached hydrogens (tertiary/aromatic N) is 3. The molecule has 6 nitrogen and oxygen atoms in total. The topological polar surface area (TPSA) is 67.2 Å². The van der Waals surface area contributed by atoms with Crippen LogP contribution in [0.15, 0.2) is 48.7 Å². The predicted molar refractivity (Wildman–Crippen MR) is 124 cm³/mol. The van der Waals surface area contributed by atoms with E-state index in [1.54, 1.807) is 30.1 Å². The molecule has 0 aliphatic heterocycles. The number of benzene rings is 2. The number of hydrogen-bond donors (Lipinski definition) is 1. The highest BCUT2D eigenvalue weighted by atomic mass is 35.5. The summed E-state index contributed by atoms with van der Waals surface area (Å²) in [6.07, 6.45) is 1.56. The molecule has 1 heterocycles. The van der Waals surface area contributed by atoms with E-state index in [1.807, 2.05) is 58.0 Å². The van der Waals surface area contributed by atoms with Gasteiger partial charge in [-0.25, -0.2) is 4.68 Å². The Kier molecular flexibility index (Phi) is 6.81. The minimum absolute atomic E-state index is 0.0503.